The lowest BCUT2D eigenvalue weighted by molar-refractivity contribution is 0.398. The summed E-state index contributed by atoms with van der Waals surface area (Å²) in [5.41, 5.74) is 1.13. The Hall–Kier alpha value is -1.61. The first-order valence-electron chi connectivity index (χ1n) is 4.67. The van der Waals surface area contributed by atoms with Gasteiger partial charge in [0.1, 0.15) is 11.0 Å². The Morgan fingerprint density at radius 2 is 2.00 bits per heavy atom. The number of rotatable bonds is 2. The van der Waals surface area contributed by atoms with Crippen LogP contribution in [0.4, 0.5) is 4.39 Å². The van der Waals surface area contributed by atoms with Crippen LogP contribution in [-0.4, -0.2) is 12.1 Å². The summed E-state index contributed by atoms with van der Waals surface area (Å²) in [5, 5.41) is 0.276. The van der Waals surface area contributed by atoms with E-state index in [1.54, 1.807) is 30.3 Å². The van der Waals surface area contributed by atoms with Gasteiger partial charge in [0.25, 0.3) is 0 Å². The maximum absolute atomic E-state index is 13.5. The standard InChI is InChI=1S/C12H9ClFNO/c1-16-12-7-8(6-11(13)15-12)9-4-2-3-5-10(9)14/h2-7H,1H3. The first kappa shape index (κ1) is 10.9. The van der Waals surface area contributed by atoms with E-state index in [0.29, 0.717) is 17.0 Å². The molecule has 2 nitrogen and oxygen atoms in total. The summed E-state index contributed by atoms with van der Waals surface area (Å²) in [6, 6.07) is 9.72. The van der Waals surface area contributed by atoms with Crippen molar-refractivity contribution in [1.29, 1.82) is 0 Å². The second kappa shape index (κ2) is 4.49. The van der Waals surface area contributed by atoms with Gasteiger partial charge in [-0.1, -0.05) is 29.8 Å². The van der Waals surface area contributed by atoms with E-state index in [1.165, 1.54) is 13.2 Å². The smallest absolute Gasteiger partial charge is 0.214 e. The fourth-order valence-electron chi connectivity index (χ4n) is 1.43. The van der Waals surface area contributed by atoms with Crippen molar-refractivity contribution in [1.82, 2.24) is 4.98 Å². The molecule has 1 aromatic carbocycles. The van der Waals surface area contributed by atoms with Crippen LogP contribution in [0.25, 0.3) is 11.1 Å². The zero-order valence-corrected chi connectivity index (χ0v) is 9.33. The van der Waals surface area contributed by atoms with Gasteiger partial charge in [-0.05, 0) is 17.7 Å². The monoisotopic (exact) mass is 237 g/mol. The molecule has 0 bridgehead atoms. The normalized spacial score (nSPS) is 10.2. The van der Waals surface area contributed by atoms with E-state index < -0.39 is 0 Å². The molecule has 16 heavy (non-hydrogen) atoms. The van der Waals surface area contributed by atoms with E-state index in [1.807, 2.05) is 0 Å². The second-order valence-corrected chi connectivity index (χ2v) is 3.59. The topological polar surface area (TPSA) is 22.1 Å². The summed E-state index contributed by atoms with van der Waals surface area (Å²) in [7, 11) is 1.49. The third-order valence-electron chi connectivity index (χ3n) is 2.16. The third kappa shape index (κ3) is 2.14. The van der Waals surface area contributed by atoms with E-state index in [2.05, 4.69) is 4.98 Å². The van der Waals surface area contributed by atoms with Gasteiger partial charge in [-0.3, -0.25) is 0 Å². The first-order chi connectivity index (χ1) is 7.70. The van der Waals surface area contributed by atoms with Crippen LogP contribution in [0.1, 0.15) is 0 Å². The van der Waals surface area contributed by atoms with Gasteiger partial charge in [-0.2, -0.15) is 0 Å². The number of hydrogen-bond acceptors (Lipinski definition) is 2. The lowest BCUT2D eigenvalue weighted by atomic mass is 10.1. The average Bonchev–Trinajstić information content (AvgIpc) is 2.28. The molecular formula is C12H9ClFNO. The lowest BCUT2D eigenvalue weighted by Gasteiger charge is -2.06. The number of aromatic nitrogens is 1. The van der Waals surface area contributed by atoms with Crippen molar-refractivity contribution >= 4 is 11.6 Å². The van der Waals surface area contributed by atoms with E-state index in [0.717, 1.165) is 0 Å². The summed E-state index contributed by atoms with van der Waals surface area (Å²) in [4.78, 5) is 3.93. The summed E-state index contributed by atoms with van der Waals surface area (Å²) in [6.45, 7) is 0. The molecular weight excluding hydrogens is 229 g/mol. The van der Waals surface area contributed by atoms with Crippen molar-refractivity contribution in [2.45, 2.75) is 0 Å². The van der Waals surface area contributed by atoms with Crippen LogP contribution in [0.15, 0.2) is 36.4 Å². The molecule has 0 atom stereocenters. The maximum Gasteiger partial charge on any atom is 0.214 e. The molecule has 0 N–H and O–H groups in total. The number of methoxy groups -OCH3 is 1. The summed E-state index contributed by atoms with van der Waals surface area (Å²) < 4.78 is 18.5. The summed E-state index contributed by atoms with van der Waals surface area (Å²) >= 11 is 5.82. The Balaban J connectivity index is 2.56. The summed E-state index contributed by atoms with van der Waals surface area (Å²) in [6.07, 6.45) is 0. The Bertz CT molecular complexity index is 516. The SMILES string of the molecule is COc1cc(-c2ccccc2F)cc(Cl)n1. The van der Waals surface area contributed by atoms with Gasteiger partial charge in [0.15, 0.2) is 0 Å². The van der Waals surface area contributed by atoms with Crippen LogP contribution in [0.5, 0.6) is 5.88 Å². The highest BCUT2D eigenvalue weighted by molar-refractivity contribution is 6.29. The maximum atomic E-state index is 13.5. The molecule has 0 aliphatic carbocycles. The van der Waals surface area contributed by atoms with Crippen molar-refractivity contribution in [2.24, 2.45) is 0 Å². The van der Waals surface area contributed by atoms with E-state index >= 15 is 0 Å². The first-order valence-corrected chi connectivity index (χ1v) is 5.05. The fourth-order valence-corrected chi connectivity index (χ4v) is 1.63. The van der Waals surface area contributed by atoms with E-state index in [-0.39, 0.29) is 11.0 Å². The number of benzene rings is 1. The molecule has 0 fully saturated rings. The van der Waals surface area contributed by atoms with Gasteiger partial charge < -0.3 is 4.74 Å². The molecule has 0 aliphatic heterocycles. The van der Waals surface area contributed by atoms with E-state index in [4.69, 9.17) is 16.3 Å². The molecule has 0 spiro atoms. The van der Waals surface area contributed by atoms with Crippen molar-refractivity contribution in [3.8, 4) is 17.0 Å². The van der Waals surface area contributed by atoms with Crippen LogP contribution < -0.4 is 4.74 Å². The van der Waals surface area contributed by atoms with E-state index in [9.17, 15) is 4.39 Å². The molecule has 2 aromatic rings. The molecule has 0 radical (unpaired) electrons. The Morgan fingerprint density at radius 3 is 2.69 bits per heavy atom. The second-order valence-electron chi connectivity index (χ2n) is 3.20. The molecule has 0 aliphatic rings. The molecule has 0 saturated carbocycles. The number of pyridine rings is 1. The highest BCUT2D eigenvalue weighted by atomic mass is 35.5. The van der Waals surface area contributed by atoms with Gasteiger partial charge in [0.05, 0.1) is 7.11 Å². The van der Waals surface area contributed by atoms with Crippen LogP contribution in [0.2, 0.25) is 5.15 Å². The molecule has 82 valence electrons. The minimum absolute atomic E-state index is 0.276. The van der Waals surface area contributed by atoms with Crippen LogP contribution in [0.3, 0.4) is 0 Å². The van der Waals surface area contributed by atoms with Gasteiger partial charge >= 0.3 is 0 Å². The lowest BCUT2D eigenvalue weighted by Crippen LogP contribution is -1.90. The average molecular weight is 238 g/mol. The van der Waals surface area contributed by atoms with Gasteiger partial charge in [0.2, 0.25) is 5.88 Å². The zero-order chi connectivity index (χ0) is 11.5. The van der Waals surface area contributed by atoms with Gasteiger partial charge in [-0.15, -0.1) is 0 Å². The third-order valence-corrected chi connectivity index (χ3v) is 2.36. The number of halogens is 2. The largest absolute Gasteiger partial charge is 0.481 e. The minimum Gasteiger partial charge on any atom is -0.481 e. The molecule has 0 saturated heterocycles. The number of nitrogens with zero attached hydrogens (tertiary/aromatic N) is 1. The predicted molar refractivity (Wildman–Crippen MR) is 61.2 cm³/mol. The fraction of sp³-hybridized carbons (Fsp3) is 0.0833. The molecule has 0 amide bonds. The van der Waals surface area contributed by atoms with Gasteiger partial charge in [-0.25, -0.2) is 9.37 Å². The van der Waals surface area contributed by atoms with Crippen LogP contribution in [0, 0.1) is 5.82 Å². The Morgan fingerprint density at radius 1 is 1.25 bits per heavy atom. The van der Waals surface area contributed by atoms with Crippen molar-refractivity contribution in [2.75, 3.05) is 7.11 Å². The van der Waals surface area contributed by atoms with Crippen molar-refractivity contribution in [3.63, 3.8) is 0 Å². The number of hydrogen-bond donors (Lipinski definition) is 0. The predicted octanol–water partition coefficient (Wildman–Crippen LogP) is 3.55. The molecule has 1 heterocycles. The van der Waals surface area contributed by atoms with Crippen molar-refractivity contribution < 1.29 is 9.13 Å². The quantitative estimate of drug-likeness (QED) is 0.746. The summed E-state index contributed by atoms with van der Waals surface area (Å²) in [5.74, 6) is 0.0672. The highest BCUT2D eigenvalue weighted by Crippen LogP contribution is 2.27. The van der Waals surface area contributed by atoms with Crippen molar-refractivity contribution in [3.05, 3.63) is 47.4 Å². The Labute approximate surface area is 97.7 Å². The number of ether oxygens (including phenoxy) is 1. The molecule has 1 aromatic heterocycles. The van der Waals surface area contributed by atoms with Crippen LogP contribution >= 0.6 is 11.6 Å². The molecule has 4 heteroatoms. The Kier molecular flexibility index (Phi) is 3.06. The molecule has 0 unspecified atom stereocenters. The zero-order valence-electron chi connectivity index (χ0n) is 8.58. The minimum atomic E-state index is -0.299. The highest BCUT2D eigenvalue weighted by Gasteiger charge is 2.07. The molecule has 2 rings (SSSR count). The van der Waals surface area contributed by atoms with Gasteiger partial charge in [0, 0.05) is 11.6 Å². The van der Waals surface area contributed by atoms with Crippen LogP contribution in [-0.2, 0) is 0 Å².